The third-order valence-electron chi connectivity index (χ3n) is 0.453. The maximum Gasteiger partial charge on any atom is 0.332 e. The van der Waals surface area contributed by atoms with Crippen molar-refractivity contribution in [1.29, 1.82) is 0 Å². The standard InChI is InChI=1S/C5H8O3.C3H9ClSi/c1-3-5(7)8-4(2)6;1-5(2,3)4/h3-4,6H,1H2,2H3;1-3H3. The Bertz CT molecular complexity index is 157. The molecule has 0 aromatic heterocycles. The third kappa shape index (κ3) is 33.9. The van der Waals surface area contributed by atoms with Crippen molar-refractivity contribution in [3.8, 4) is 0 Å². The second-order valence-corrected chi connectivity index (χ2v) is 10.8. The van der Waals surface area contributed by atoms with Gasteiger partial charge in [-0.25, -0.2) is 4.79 Å². The molecule has 78 valence electrons. The summed E-state index contributed by atoms with van der Waals surface area (Å²) < 4.78 is 4.20. The SMILES string of the molecule is C=CC(=O)OC(C)O.C[Si](C)(C)Cl. The Morgan fingerprint density at radius 1 is 1.62 bits per heavy atom. The summed E-state index contributed by atoms with van der Waals surface area (Å²) >= 11 is 5.67. The highest BCUT2D eigenvalue weighted by Crippen LogP contribution is 2.03. The van der Waals surface area contributed by atoms with Gasteiger partial charge in [0.05, 0.1) is 0 Å². The monoisotopic (exact) mass is 224 g/mol. The number of aliphatic hydroxyl groups is 1. The summed E-state index contributed by atoms with van der Waals surface area (Å²) in [6.07, 6.45) is -0.0484. The second kappa shape index (κ2) is 7.12. The van der Waals surface area contributed by atoms with Crippen molar-refractivity contribution in [2.24, 2.45) is 0 Å². The van der Waals surface area contributed by atoms with Crippen LogP contribution in [0.1, 0.15) is 6.92 Å². The zero-order valence-electron chi connectivity index (χ0n) is 8.50. The molecule has 0 aromatic carbocycles. The number of hydrogen-bond acceptors (Lipinski definition) is 3. The minimum Gasteiger partial charge on any atom is -0.433 e. The van der Waals surface area contributed by atoms with Gasteiger partial charge in [0.2, 0.25) is 0 Å². The number of esters is 1. The van der Waals surface area contributed by atoms with Crippen LogP contribution < -0.4 is 0 Å². The fraction of sp³-hybridized carbons (Fsp3) is 0.625. The van der Waals surface area contributed by atoms with Crippen LogP contribution in [-0.2, 0) is 9.53 Å². The van der Waals surface area contributed by atoms with Crippen LogP contribution in [0.25, 0.3) is 0 Å². The van der Waals surface area contributed by atoms with Crippen LogP contribution in [0.15, 0.2) is 12.7 Å². The lowest BCUT2D eigenvalue weighted by atomic mass is 10.6. The third-order valence-corrected chi connectivity index (χ3v) is 0.453. The molecule has 0 spiro atoms. The number of carbonyl (C=O) groups excluding carboxylic acids is 1. The molecule has 5 heteroatoms. The van der Waals surface area contributed by atoms with Crippen LogP contribution in [0.2, 0.25) is 19.6 Å². The molecule has 0 aromatic rings. The van der Waals surface area contributed by atoms with Gasteiger partial charge in [0.25, 0.3) is 0 Å². The maximum atomic E-state index is 10.1. The Balaban J connectivity index is 0. The van der Waals surface area contributed by atoms with E-state index in [-0.39, 0.29) is 0 Å². The normalized spacial score (nSPS) is 12.2. The summed E-state index contributed by atoms with van der Waals surface area (Å²) in [5.74, 6) is -0.611. The van der Waals surface area contributed by atoms with E-state index < -0.39 is 19.6 Å². The number of hydrogen-bond donors (Lipinski definition) is 1. The Kier molecular flexibility index (Phi) is 8.30. The van der Waals surface area contributed by atoms with E-state index in [1.165, 1.54) is 6.92 Å². The van der Waals surface area contributed by atoms with E-state index in [0.29, 0.717) is 0 Å². The van der Waals surface area contributed by atoms with E-state index >= 15 is 0 Å². The molecule has 1 atom stereocenters. The lowest BCUT2D eigenvalue weighted by Gasteiger charge is -2.01. The van der Waals surface area contributed by atoms with Gasteiger partial charge in [-0.3, -0.25) is 0 Å². The summed E-state index contributed by atoms with van der Waals surface area (Å²) in [6.45, 7) is 10.8. The number of ether oxygens (including phenoxy) is 1. The number of aliphatic hydroxyl groups excluding tert-OH is 1. The van der Waals surface area contributed by atoms with Crippen molar-refractivity contribution in [1.82, 2.24) is 0 Å². The summed E-state index contributed by atoms with van der Waals surface area (Å²) in [6, 6.07) is 0. The molecule has 3 nitrogen and oxygen atoms in total. The van der Waals surface area contributed by atoms with Crippen LogP contribution in [-0.4, -0.2) is 24.7 Å². The molecule has 0 saturated carbocycles. The minimum atomic E-state index is -1.14. The van der Waals surface area contributed by atoms with Crippen molar-refractivity contribution in [3.05, 3.63) is 12.7 Å². The summed E-state index contributed by atoms with van der Waals surface area (Å²) in [5.41, 5.74) is 0. The first-order valence-corrected chi connectivity index (χ1v) is 8.38. The summed E-state index contributed by atoms with van der Waals surface area (Å²) in [4.78, 5) is 10.1. The van der Waals surface area contributed by atoms with Gasteiger partial charge >= 0.3 is 5.97 Å². The number of halogens is 1. The fourth-order valence-electron chi connectivity index (χ4n) is 0.216. The van der Waals surface area contributed by atoms with Gasteiger partial charge in [-0.2, -0.15) is 11.1 Å². The molecule has 0 aliphatic heterocycles. The first-order chi connectivity index (χ1) is 5.66. The molecule has 0 heterocycles. The Labute approximate surface area is 85.1 Å². The van der Waals surface area contributed by atoms with Gasteiger partial charge in [0.15, 0.2) is 6.29 Å². The zero-order chi connectivity index (χ0) is 11.1. The van der Waals surface area contributed by atoms with Crippen LogP contribution in [0.4, 0.5) is 0 Å². The molecule has 0 bridgehead atoms. The topological polar surface area (TPSA) is 46.5 Å². The molecule has 13 heavy (non-hydrogen) atoms. The Hall–Kier alpha value is -0.323. The number of carbonyl (C=O) groups is 1. The van der Waals surface area contributed by atoms with Crippen molar-refractivity contribution in [3.63, 3.8) is 0 Å². The van der Waals surface area contributed by atoms with E-state index in [0.717, 1.165) is 6.08 Å². The van der Waals surface area contributed by atoms with Crippen LogP contribution in [0.5, 0.6) is 0 Å². The van der Waals surface area contributed by atoms with E-state index in [9.17, 15) is 4.79 Å². The predicted octanol–water partition coefficient (Wildman–Crippen LogP) is 2.11. The molecule has 0 fully saturated rings. The maximum absolute atomic E-state index is 10.1. The van der Waals surface area contributed by atoms with E-state index in [2.05, 4.69) is 31.0 Å². The molecule has 0 saturated heterocycles. The average Bonchev–Trinajstić information content (AvgIpc) is 1.82. The quantitative estimate of drug-likeness (QED) is 0.257. The van der Waals surface area contributed by atoms with Gasteiger partial charge in [-0.05, 0) is 6.92 Å². The van der Waals surface area contributed by atoms with Crippen molar-refractivity contribution < 1.29 is 14.6 Å². The molecule has 0 rings (SSSR count). The van der Waals surface area contributed by atoms with Gasteiger partial charge in [0, 0.05) is 6.08 Å². The first-order valence-electron chi connectivity index (χ1n) is 3.87. The Morgan fingerprint density at radius 2 is 1.92 bits per heavy atom. The van der Waals surface area contributed by atoms with E-state index in [1.54, 1.807) is 0 Å². The second-order valence-electron chi connectivity index (χ2n) is 3.31. The molecule has 0 aliphatic rings. The smallest absolute Gasteiger partial charge is 0.332 e. The average molecular weight is 225 g/mol. The molecule has 0 aliphatic carbocycles. The van der Waals surface area contributed by atoms with Crippen molar-refractivity contribution in [2.45, 2.75) is 32.9 Å². The van der Waals surface area contributed by atoms with Crippen molar-refractivity contribution >= 4 is 24.4 Å². The fourth-order valence-corrected chi connectivity index (χ4v) is 0.216. The summed E-state index contributed by atoms with van der Waals surface area (Å²) in [5, 5.41) is 8.36. The lowest BCUT2D eigenvalue weighted by molar-refractivity contribution is -0.158. The molecule has 0 amide bonds. The van der Waals surface area contributed by atoms with Crippen LogP contribution in [0.3, 0.4) is 0 Å². The zero-order valence-corrected chi connectivity index (χ0v) is 10.3. The largest absolute Gasteiger partial charge is 0.433 e. The predicted molar refractivity (Wildman–Crippen MR) is 57.2 cm³/mol. The molecular weight excluding hydrogens is 208 g/mol. The van der Waals surface area contributed by atoms with Crippen molar-refractivity contribution in [2.75, 3.05) is 0 Å². The molecule has 1 unspecified atom stereocenters. The highest BCUT2D eigenvalue weighted by Gasteiger charge is 2.04. The van der Waals surface area contributed by atoms with Gasteiger partial charge in [-0.1, -0.05) is 26.2 Å². The molecule has 0 radical (unpaired) electrons. The van der Waals surface area contributed by atoms with Gasteiger partial charge in [-0.15, -0.1) is 0 Å². The van der Waals surface area contributed by atoms with E-state index in [1.807, 2.05) is 0 Å². The highest BCUT2D eigenvalue weighted by atomic mass is 35.6. The van der Waals surface area contributed by atoms with E-state index in [4.69, 9.17) is 16.2 Å². The molecule has 1 N–H and O–H groups in total. The Morgan fingerprint density at radius 3 is 2.00 bits per heavy atom. The lowest BCUT2D eigenvalue weighted by Crippen LogP contribution is -2.10. The van der Waals surface area contributed by atoms with Gasteiger partial charge < -0.3 is 9.84 Å². The van der Waals surface area contributed by atoms with Crippen LogP contribution in [0, 0.1) is 0 Å². The highest BCUT2D eigenvalue weighted by molar-refractivity contribution is 7.18. The van der Waals surface area contributed by atoms with Gasteiger partial charge in [0.1, 0.15) is 7.38 Å². The minimum absolute atomic E-state index is 0.611. The number of rotatable bonds is 2. The molecular formula is C8H17ClO3Si. The first kappa shape index (κ1) is 15.2. The van der Waals surface area contributed by atoms with Crippen LogP contribution >= 0.6 is 11.1 Å². The summed E-state index contributed by atoms with van der Waals surface area (Å²) in [7, 11) is -1.14.